The van der Waals surface area contributed by atoms with Crippen LogP contribution in [0.3, 0.4) is 0 Å². The van der Waals surface area contributed by atoms with E-state index in [1.165, 1.54) is 4.31 Å². The van der Waals surface area contributed by atoms with Crippen molar-refractivity contribution < 1.29 is 13.2 Å². The van der Waals surface area contributed by atoms with Gasteiger partial charge in [0.1, 0.15) is 0 Å². The number of aryl methyl sites for hydroxylation is 2. The fourth-order valence-corrected chi connectivity index (χ4v) is 4.95. The average Bonchev–Trinajstić information content (AvgIpc) is 2.67. The molecule has 0 bridgehead atoms. The molecule has 2 aromatic rings. The van der Waals surface area contributed by atoms with Gasteiger partial charge in [-0.1, -0.05) is 43.7 Å². The van der Waals surface area contributed by atoms with E-state index < -0.39 is 10.0 Å². The summed E-state index contributed by atoms with van der Waals surface area (Å²) in [5.41, 5.74) is 3.87. The monoisotopic (exact) mass is 400 g/mol. The van der Waals surface area contributed by atoms with Crippen molar-refractivity contribution in [2.45, 2.75) is 38.5 Å². The molecule has 2 aromatic carbocycles. The highest BCUT2D eigenvalue weighted by molar-refractivity contribution is 7.89. The van der Waals surface area contributed by atoms with E-state index >= 15 is 0 Å². The van der Waals surface area contributed by atoms with Crippen LogP contribution >= 0.6 is 0 Å². The van der Waals surface area contributed by atoms with E-state index in [0.29, 0.717) is 42.6 Å². The van der Waals surface area contributed by atoms with E-state index in [1.807, 2.05) is 44.2 Å². The molecule has 0 radical (unpaired) electrons. The average molecular weight is 401 g/mol. The van der Waals surface area contributed by atoms with Crippen molar-refractivity contribution in [2.75, 3.05) is 26.2 Å². The van der Waals surface area contributed by atoms with E-state index in [2.05, 4.69) is 13.8 Å². The van der Waals surface area contributed by atoms with Crippen molar-refractivity contribution in [3.63, 3.8) is 0 Å². The van der Waals surface area contributed by atoms with E-state index in [4.69, 9.17) is 0 Å². The molecule has 0 unspecified atom stereocenters. The van der Waals surface area contributed by atoms with Gasteiger partial charge in [0.15, 0.2) is 0 Å². The maximum atomic E-state index is 12.9. The van der Waals surface area contributed by atoms with Gasteiger partial charge in [-0.15, -0.1) is 0 Å². The third-order valence-corrected chi connectivity index (χ3v) is 7.24. The van der Waals surface area contributed by atoms with E-state index in [1.54, 1.807) is 17.0 Å². The molecule has 0 saturated carbocycles. The highest BCUT2D eigenvalue weighted by atomic mass is 32.2. The predicted octanol–water partition coefficient (Wildman–Crippen LogP) is 3.57. The van der Waals surface area contributed by atoms with Gasteiger partial charge in [0, 0.05) is 31.7 Å². The van der Waals surface area contributed by atoms with Crippen LogP contribution in [0.4, 0.5) is 0 Å². The third-order valence-electron chi connectivity index (χ3n) is 5.32. The molecule has 1 heterocycles. The number of sulfonamides is 1. The SMILES string of the molecule is Cc1ccc(C(=O)N2CCN(S(=O)(=O)c3ccc(C(C)C)cc3)CC2)c(C)c1. The molecule has 150 valence electrons. The molecule has 0 aliphatic carbocycles. The van der Waals surface area contributed by atoms with Crippen LogP contribution in [-0.2, 0) is 10.0 Å². The topological polar surface area (TPSA) is 57.7 Å². The molecule has 1 saturated heterocycles. The molecular formula is C22H28N2O3S. The third kappa shape index (κ3) is 4.13. The van der Waals surface area contributed by atoms with Crippen molar-refractivity contribution >= 4 is 15.9 Å². The molecule has 0 atom stereocenters. The van der Waals surface area contributed by atoms with Gasteiger partial charge in [-0.25, -0.2) is 8.42 Å². The van der Waals surface area contributed by atoms with Gasteiger partial charge in [-0.05, 0) is 49.1 Å². The highest BCUT2D eigenvalue weighted by Crippen LogP contribution is 2.22. The molecule has 1 aliphatic heterocycles. The summed E-state index contributed by atoms with van der Waals surface area (Å²) in [6, 6.07) is 12.9. The molecule has 5 nitrogen and oxygen atoms in total. The smallest absolute Gasteiger partial charge is 0.254 e. The van der Waals surface area contributed by atoms with Crippen LogP contribution in [0.1, 0.15) is 46.8 Å². The second-order valence-corrected chi connectivity index (χ2v) is 9.68. The minimum Gasteiger partial charge on any atom is -0.336 e. The summed E-state index contributed by atoms with van der Waals surface area (Å²) in [7, 11) is -3.54. The number of hydrogen-bond acceptors (Lipinski definition) is 3. The molecule has 28 heavy (non-hydrogen) atoms. The second-order valence-electron chi connectivity index (χ2n) is 7.74. The van der Waals surface area contributed by atoms with Crippen LogP contribution in [0.5, 0.6) is 0 Å². The Hall–Kier alpha value is -2.18. The molecule has 6 heteroatoms. The summed E-state index contributed by atoms with van der Waals surface area (Å²) in [6.45, 7) is 9.51. The predicted molar refractivity (Wildman–Crippen MR) is 111 cm³/mol. The zero-order valence-electron chi connectivity index (χ0n) is 17.0. The summed E-state index contributed by atoms with van der Waals surface area (Å²) >= 11 is 0. The second kappa shape index (κ2) is 8.05. The molecule has 0 N–H and O–H groups in total. The molecule has 1 aliphatic rings. The highest BCUT2D eigenvalue weighted by Gasteiger charge is 2.30. The minimum atomic E-state index is -3.54. The Morgan fingerprint density at radius 1 is 0.929 bits per heavy atom. The van der Waals surface area contributed by atoms with Crippen molar-refractivity contribution in [3.8, 4) is 0 Å². The zero-order valence-corrected chi connectivity index (χ0v) is 17.8. The maximum Gasteiger partial charge on any atom is 0.254 e. The van der Waals surface area contributed by atoms with Crippen LogP contribution in [0.15, 0.2) is 47.4 Å². The van der Waals surface area contributed by atoms with Crippen molar-refractivity contribution in [1.29, 1.82) is 0 Å². The Bertz CT molecular complexity index is 958. The molecule has 1 fully saturated rings. The minimum absolute atomic E-state index is 0.0316. The lowest BCUT2D eigenvalue weighted by molar-refractivity contribution is 0.0697. The summed E-state index contributed by atoms with van der Waals surface area (Å²) in [6.07, 6.45) is 0. The van der Waals surface area contributed by atoms with Crippen molar-refractivity contribution in [3.05, 3.63) is 64.7 Å². The fourth-order valence-electron chi connectivity index (χ4n) is 3.53. The van der Waals surface area contributed by atoms with Gasteiger partial charge in [-0.2, -0.15) is 4.31 Å². The largest absolute Gasteiger partial charge is 0.336 e. The number of hydrogen-bond donors (Lipinski definition) is 0. The van der Waals surface area contributed by atoms with Gasteiger partial charge in [0.25, 0.3) is 5.91 Å². The lowest BCUT2D eigenvalue weighted by Gasteiger charge is -2.34. The Kier molecular flexibility index (Phi) is 5.91. The first-order chi connectivity index (χ1) is 13.2. The lowest BCUT2D eigenvalue weighted by atomic mass is 10.0. The Morgan fingerprint density at radius 3 is 2.07 bits per heavy atom. The Labute approximate surface area is 168 Å². The number of piperazine rings is 1. The fraction of sp³-hybridized carbons (Fsp3) is 0.409. The molecule has 3 rings (SSSR count). The van der Waals surface area contributed by atoms with Crippen molar-refractivity contribution in [1.82, 2.24) is 9.21 Å². The quantitative estimate of drug-likeness (QED) is 0.788. The van der Waals surface area contributed by atoms with E-state index in [9.17, 15) is 13.2 Å². The van der Waals surface area contributed by atoms with Gasteiger partial charge in [0.2, 0.25) is 10.0 Å². The first-order valence-electron chi connectivity index (χ1n) is 9.67. The Balaban J connectivity index is 1.69. The normalized spacial score (nSPS) is 15.8. The van der Waals surface area contributed by atoms with Crippen LogP contribution < -0.4 is 0 Å². The first-order valence-corrected chi connectivity index (χ1v) is 11.1. The molecule has 1 amide bonds. The number of carbonyl (C=O) groups is 1. The van der Waals surface area contributed by atoms with Gasteiger partial charge in [0.05, 0.1) is 4.90 Å². The summed E-state index contributed by atoms with van der Waals surface area (Å²) in [5.74, 6) is 0.326. The van der Waals surface area contributed by atoms with E-state index in [0.717, 1.165) is 16.7 Å². The van der Waals surface area contributed by atoms with Gasteiger partial charge in [-0.3, -0.25) is 4.79 Å². The van der Waals surface area contributed by atoms with E-state index in [-0.39, 0.29) is 5.91 Å². The number of amides is 1. The van der Waals surface area contributed by atoms with Crippen LogP contribution in [0.25, 0.3) is 0 Å². The van der Waals surface area contributed by atoms with Gasteiger partial charge >= 0.3 is 0 Å². The summed E-state index contributed by atoms with van der Waals surface area (Å²) in [5, 5.41) is 0. The maximum absolute atomic E-state index is 12.9. The summed E-state index contributed by atoms with van der Waals surface area (Å²) in [4.78, 5) is 14.9. The number of nitrogens with zero attached hydrogens (tertiary/aromatic N) is 2. The van der Waals surface area contributed by atoms with Crippen LogP contribution in [0.2, 0.25) is 0 Å². The molecular weight excluding hydrogens is 372 g/mol. The van der Waals surface area contributed by atoms with Gasteiger partial charge < -0.3 is 4.90 Å². The number of carbonyl (C=O) groups excluding carboxylic acids is 1. The van der Waals surface area contributed by atoms with Crippen molar-refractivity contribution in [2.24, 2.45) is 0 Å². The first kappa shape index (κ1) is 20.6. The van der Waals surface area contributed by atoms with Crippen LogP contribution in [-0.4, -0.2) is 49.7 Å². The van der Waals surface area contributed by atoms with Crippen LogP contribution in [0, 0.1) is 13.8 Å². The number of benzene rings is 2. The lowest BCUT2D eigenvalue weighted by Crippen LogP contribution is -2.50. The summed E-state index contributed by atoms with van der Waals surface area (Å²) < 4.78 is 27.3. The molecule has 0 spiro atoms. The Morgan fingerprint density at radius 2 is 1.54 bits per heavy atom. The zero-order chi connectivity index (χ0) is 20.5. The molecule has 0 aromatic heterocycles. The number of rotatable bonds is 4. The standard InChI is InChI=1S/C22H28N2O3S/c1-16(2)19-6-8-20(9-7-19)28(26,27)24-13-11-23(12-14-24)22(25)21-10-5-17(3)15-18(21)4/h5-10,15-16H,11-14H2,1-4H3.